The zero-order valence-electron chi connectivity index (χ0n) is 14.7. The van der Waals surface area contributed by atoms with Crippen LogP contribution in [0.5, 0.6) is 0 Å². The Morgan fingerprint density at radius 3 is 2.69 bits per heavy atom. The maximum Gasteiger partial charge on any atom is 0.321 e. The number of amides is 3. The number of carbonyl (C=O) groups is 2. The predicted octanol–water partition coefficient (Wildman–Crippen LogP) is 1.66. The molecule has 3 aliphatic rings. The Kier molecular flexibility index (Phi) is 4.29. The molecule has 1 saturated carbocycles. The minimum Gasteiger partial charge on any atom is -0.368 e. The lowest BCUT2D eigenvalue weighted by atomic mass is 10.0. The average molecular weight is 354 g/mol. The quantitative estimate of drug-likeness (QED) is 0.891. The number of rotatable bonds is 4. The van der Waals surface area contributed by atoms with Crippen LogP contribution < -0.4 is 5.32 Å². The van der Waals surface area contributed by atoms with Crippen molar-refractivity contribution >= 4 is 17.6 Å². The molecule has 0 radical (unpaired) electrons. The summed E-state index contributed by atoms with van der Waals surface area (Å²) in [7, 11) is 1.79. The molecule has 1 aromatic rings. The van der Waals surface area contributed by atoms with Crippen molar-refractivity contribution in [3.63, 3.8) is 0 Å². The van der Waals surface area contributed by atoms with E-state index in [2.05, 4.69) is 11.4 Å². The zero-order valence-corrected chi connectivity index (χ0v) is 14.7. The molecule has 0 spiro atoms. The highest BCUT2D eigenvalue weighted by atomic mass is 16.5. The van der Waals surface area contributed by atoms with Gasteiger partial charge in [0, 0.05) is 31.7 Å². The summed E-state index contributed by atoms with van der Waals surface area (Å²) in [6.07, 6.45) is 1.94. The molecule has 1 aliphatic carbocycles. The first kappa shape index (κ1) is 16.9. The number of benzene rings is 1. The van der Waals surface area contributed by atoms with Gasteiger partial charge in [-0.15, -0.1) is 0 Å². The van der Waals surface area contributed by atoms with Gasteiger partial charge in [0.05, 0.1) is 24.3 Å². The van der Waals surface area contributed by atoms with E-state index in [0.717, 1.165) is 0 Å². The van der Waals surface area contributed by atoms with Crippen molar-refractivity contribution in [2.75, 3.05) is 32.1 Å². The van der Waals surface area contributed by atoms with E-state index in [1.165, 1.54) is 12.8 Å². The Hall–Kier alpha value is -2.59. The molecule has 2 saturated heterocycles. The highest BCUT2D eigenvalue weighted by Crippen LogP contribution is 2.36. The predicted molar refractivity (Wildman–Crippen MR) is 94.3 cm³/mol. The molecule has 1 aromatic carbocycles. The van der Waals surface area contributed by atoms with Crippen LogP contribution in [0, 0.1) is 23.2 Å². The molecule has 0 bridgehead atoms. The SMILES string of the molecule is CN1C(=O)[C@@H](OCC2CC2)[C@H]2CN(C(=O)Nc3ccc(C#N)cc3)C[C@H]21. The summed E-state index contributed by atoms with van der Waals surface area (Å²) in [5, 5.41) is 11.7. The maximum absolute atomic E-state index is 12.6. The molecule has 3 fully saturated rings. The number of hydrogen-bond donors (Lipinski definition) is 1. The van der Waals surface area contributed by atoms with Gasteiger partial charge < -0.3 is 19.9 Å². The number of nitrogens with one attached hydrogen (secondary N) is 1. The Morgan fingerprint density at radius 2 is 2.04 bits per heavy atom. The molecule has 7 nitrogen and oxygen atoms in total. The first-order chi connectivity index (χ1) is 12.6. The second-order valence-corrected chi connectivity index (χ2v) is 7.40. The van der Waals surface area contributed by atoms with Crippen molar-refractivity contribution in [2.45, 2.75) is 25.0 Å². The number of carbonyl (C=O) groups excluding carboxylic acids is 2. The minimum atomic E-state index is -0.432. The van der Waals surface area contributed by atoms with E-state index in [9.17, 15) is 9.59 Å². The Labute approximate surface area is 152 Å². The van der Waals surface area contributed by atoms with Gasteiger partial charge in [0.15, 0.2) is 0 Å². The number of nitrogens with zero attached hydrogens (tertiary/aromatic N) is 3. The summed E-state index contributed by atoms with van der Waals surface area (Å²) in [6.45, 7) is 1.67. The number of hydrogen-bond acceptors (Lipinski definition) is 4. The smallest absolute Gasteiger partial charge is 0.321 e. The van der Waals surface area contributed by atoms with Crippen molar-refractivity contribution in [3.8, 4) is 6.07 Å². The van der Waals surface area contributed by atoms with Crippen molar-refractivity contribution in [2.24, 2.45) is 11.8 Å². The van der Waals surface area contributed by atoms with Crippen LogP contribution in [0.3, 0.4) is 0 Å². The highest BCUT2D eigenvalue weighted by Gasteiger charge is 2.53. The Morgan fingerprint density at radius 1 is 1.31 bits per heavy atom. The summed E-state index contributed by atoms with van der Waals surface area (Å²) in [6, 6.07) is 8.64. The Balaban J connectivity index is 1.39. The van der Waals surface area contributed by atoms with Gasteiger partial charge in [0.1, 0.15) is 6.10 Å². The van der Waals surface area contributed by atoms with Crippen LogP contribution in [0.2, 0.25) is 0 Å². The number of nitriles is 1. The minimum absolute atomic E-state index is 0.0124. The summed E-state index contributed by atoms with van der Waals surface area (Å²) in [4.78, 5) is 28.5. The van der Waals surface area contributed by atoms with Crippen LogP contribution >= 0.6 is 0 Å². The molecular formula is C19H22N4O3. The number of likely N-dealkylation sites (tertiary alicyclic amines) is 2. The lowest BCUT2D eigenvalue weighted by molar-refractivity contribution is -0.138. The molecule has 2 aliphatic heterocycles. The first-order valence-electron chi connectivity index (χ1n) is 9.01. The van der Waals surface area contributed by atoms with E-state index in [1.807, 2.05) is 0 Å². The topological polar surface area (TPSA) is 85.7 Å². The fraction of sp³-hybridized carbons (Fsp3) is 0.526. The van der Waals surface area contributed by atoms with Crippen LogP contribution in [0.4, 0.5) is 10.5 Å². The number of ether oxygens (including phenoxy) is 1. The van der Waals surface area contributed by atoms with E-state index >= 15 is 0 Å². The third-order valence-corrected chi connectivity index (χ3v) is 5.57. The van der Waals surface area contributed by atoms with E-state index in [4.69, 9.17) is 10.00 Å². The molecule has 136 valence electrons. The van der Waals surface area contributed by atoms with Gasteiger partial charge in [-0.05, 0) is 43.0 Å². The van der Waals surface area contributed by atoms with Crippen LogP contribution in [-0.4, -0.2) is 60.6 Å². The molecule has 4 rings (SSSR count). The zero-order chi connectivity index (χ0) is 18.3. The molecule has 2 heterocycles. The van der Waals surface area contributed by atoms with Crippen molar-refractivity contribution < 1.29 is 14.3 Å². The third kappa shape index (κ3) is 3.13. The number of fused-ring (bicyclic) bond motifs is 1. The lowest BCUT2D eigenvalue weighted by Crippen LogP contribution is -2.40. The monoisotopic (exact) mass is 354 g/mol. The van der Waals surface area contributed by atoms with E-state index < -0.39 is 6.10 Å². The van der Waals surface area contributed by atoms with Gasteiger partial charge in [0.25, 0.3) is 5.91 Å². The van der Waals surface area contributed by atoms with E-state index in [-0.39, 0.29) is 23.9 Å². The summed E-state index contributed by atoms with van der Waals surface area (Å²) in [5.74, 6) is 0.662. The molecule has 26 heavy (non-hydrogen) atoms. The second-order valence-electron chi connectivity index (χ2n) is 7.40. The van der Waals surface area contributed by atoms with Crippen LogP contribution in [0.15, 0.2) is 24.3 Å². The van der Waals surface area contributed by atoms with Crippen molar-refractivity contribution in [1.29, 1.82) is 5.26 Å². The van der Waals surface area contributed by atoms with Crippen LogP contribution in [0.1, 0.15) is 18.4 Å². The standard InChI is InChI=1S/C19H22N4O3/c1-22-16-10-23(19(25)21-14-6-4-12(8-20)5-7-14)9-15(16)17(18(22)24)26-11-13-2-3-13/h4-7,13,15-17H,2-3,9-11H2,1H3,(H,21,25)/t15-,16+,17-/m0/s1. The van der Waals surface area contributed by atoms with Crippen molar-refractivity contribution in [3.05, 3.63) is 29.8 Å². The second kappa shape index (κ2) is 6.61. The van der Waals surface area contributed by atoms with Gasteiger partial charge in [-0.3, -0.25) is 4.79 Å². The van der Waals surface area contributed by atoms with E-state index in [0.29, 0.717) is 36.9 Å². The summed E-state index contributed by atoms with van der Waals surface area (Å²) in [5.41, 5.74) is 1.20. The third-order valence-electron chi connectivity index (χ3n) is 5.57. The van der Waals surface area contributed by atoms with E-state index in [1.54, 1.807) is 41.1 Å². The van der Waals surface area contributed by atoms with Crippen LogP contribution in [-0.2, 0) is 9.53 Å². The highest BCUT2D eigenvalue weighted by molar-refractivity contribution is 5.90. The maximum atomic E-state index is 12.6. The van der Waals surface area contributed by atoms with Crippen molar-refractivity contribution in [1.82, 2.24) is 9.80 Å². The molecule has 0 aromatic heterocycles. The number of anilines is 1. The van der Waals surface area contributed by atoms with Gasteiger partial charge in [-0.1, -0.05) is 0 Å². The van der Waals surface area contributed by atoms with Gasteiger partial charge in [-0.2, -0.15) is 5.26 Å². The van der Waals surface area contributed by atoms with Gasteiger partial charge in [0.2, 0.25) is 0 Å². The molecule has 1 N–H and O–H groups in total. The normalized spacial score (nSPS) is 27.4. The lowest BCUT2D eigenvalue weighted by Gasteiger charge is -2.22. The molecule has 3 atom stereocenters. The largest absolute Gasteiger partial charge is 0.368 e. The average Bonchev–Trinajstić information content (AvgIpc) is 3.33. The molecule has 7 heteroatoms. The van der Waals surface area contributed by atoms with Crippen LogP contribution in [0.25, 0.3) is 0 Å². The molecule has 0 unspecified atom stereocenters. The Bertz CT molecular complexity index is 753. The number of urea groups is 1. The molecular weight excluding hydrogens is 332 g/mol. The fourth-order valence-electron chi connectivity index (χ4n) is 3.78. The summed E-state index contributed by atoms with van der Waals surface area (Å²) >= 11 is 0. The summed E-state index contributed by atoms with van der Waals surface area (Å²) < 4.78 is 5.92. The fourth-order valence-corrected chi connectivity index (χ4v) is 3.78. The molecule has 3 amide bonds. The number of likely N-dealkylation sites (N-methyl/N-ethyl adjacent to an activating group) is 1. The van der Waals surface area contributed by atoms with Gasteiger partial charge in [-0.25, -0.2) is 4.79 Å². The van der Waals surface area contributed by atoms with Gasteiger partial charge >= 0.3 is 6.03 Å². The first-order valence-corrected chi connectivity index (χ1v) is 9.01.